The number of anilines is 1. The highest BCUT2D eigenvalue weighted by atomic mass is 19.4. The molecule has 8 nitrogen and oxygen atoms in total. The zero-order valence-electron chi connectivity index (χ0n) is 18.3. The number of allylic oxidation sites excluding steroid dienone is 1. The lowest BCUT2D eigenvalue weighted by atomic mass is 10.1. The lowest BCUT2D eigenvalue weighted by molar-refractivity contribution is -0.137. The second-order valence-corrected chi connectivity index (χ2v) is 7.22. The number of carbonyl (C=O) groups excluding carboxylic acids is 3. The number of nitrogens with one attached hydrogen (secondary N) is 1. The van der Waals surface area contributed by atoms with Crippen molar-refractivity contribution in [1.82, 2.24) is 14.7 Å². The number of amides is 2. The fourth-order valence-electron chi connectivity index (χ4n) is 3.29. The Labute approximate surface area is 197 Å². The second kappa shape index (κ2) is 10.5. The van der Waals surface area contributed by atoms with E-state index in [1.807, 2.05) is 6.07 Å². The van der Waals surface area contributed by atoms with Crippen LogP contribution in [-0.2, 0) is 20.6 Å². The Morgan fingerprint density at radius 2 is 1.89 bits per heavy atom. The number of alkyl halides is 3. The maximum absolute atomic E-state index is 13.3. The molecule has 0 aliphatic rings. The Balaban J connectivity index is 2.14. The van der Waals surface area contributed by atoms with Crippen LogP contribution in [0.1, 0.15) is 23.7 Å². The standard InChI is InChI=1S/C24H18F3N5O3/c1-16(30-19-4-2-3-18(13-19)24(25,26)27)22(23(35)31(15-34)11-12-33)21-9-10-29-32(21)20-7-5-17(14-28)6-8-20/h2-10,12-13,15,30H,11H2,1H3/b22-16-. The van der Waals surface area contributed by atoms with Crippen LogP contribution in [0.2, 0.25) is 0 Å². The summed E-state index contributed by atoms with van der Waals surface area (Å²) in [5.74, 6) is -0.862. The molecular formula is C24H18F3N5O3. The van der Waals surface area contributed by atoms with Gasteiger partial charge in [-0.2, -0.15) is 23.5 Å². The van der Waals surface area contributed by atoms with Crippen LogP contribution in [0.3, 0.4) is 0 Å². The monoisotopic (exact) mass is 481 g/mol. The van der Waals surface area contributed by atoms with Crippen molar-refractivity contribution in [3.63, 3.8) is 0 Å². The molecule has 3 rings (SSSR count). The number of rotatable bonds is 8. The predicted molar refractivity (Wildman–Crippen MR) is 120 cm³/mol. The van der Waals surface area contributed by atoms with Crippen LogP contribution in [0, 0.1) is 11.3 Å². The third-order valence-electron chi connectivity index (χ3n) is 4.91. The first-order valence-electron chi connectivity index (χ1n) is 10.1. The van der Waals surface area contributed by atoms with Crippen LogP contribution < -0.4 is 5.32 Å². The fraction of sp³-hybridized carbons (Fsp3) is 0.125. The molecular weight excluding hydrogens is 463 g/mol. The van der Waals surface area contributed by atoms with Crippen molar-refractivity contribution in [2.75, 3.05) is 11.9 Å². The first-order valence-corrected chi connectivity index (χ1v) is 10.1. The van der Waals surface area contributed by atoms with Crippen molar-refractivity contribution in [3.8, 4) is 11.8 Å². The highest BCUT2D eigenvalue weighted by molar-refractivity contribution is 6.23. The molecule has 0 radical (unpaired) electrons. The lowest BCUT2D eigenvalue weighted by Gasteiger charge is -2.20. The minimum absolute atomic E-state index is 0.0557. The zero-order valence-corrected chi connectivity index (χ0v) is 18.3. The molecule has 1 N–H and O–H groups in total. The molecule has 178 valence electrons. The third-order valence-corrected chi connectivity index (χ3v) is 4.91. The number of imide groups is 1. The molecule has 1 heterocycles. The van der Waals surface area contributed by atoms with E-state index in [0.717, 1.165) is 12.1 Å². The largest absolute Gasteiger partial charge is 0.416 e. The van der Waals surface area contributed by atoms with Crippen LogP contribution in [-0.4, -0.2) is 39.8 Å². The van der Waals surface area contributed by atoms with E-state index in [2.05, 4.69) is 10.4 Å². The summed E-state index contributed by atoms with van der Waals surface area (Å²) in [5.41, 5.74) is 0.264. The van der Waals surface area contributed by atoms with E-state index < -0.39 is 24.2 Å². The summed E-state index contributed by atoms with van der Waals surface area (Å²) in [6.07, 6.45) is -2.61. The van der Waals surface area contributed by atoms with Crippen molar-refractivity contribution in [3.05, 3.63) is 83.3 Å². The van der Waals surface area contributed by atoms with Gasteiger partial charge in [-0.15, -0.1) is 0 Å². The van der Waals surface area contributed by atoms with Gasteiger partial charge in [-0.3, -0.25) is 14.5 Å². The van der Waals surface area contributed by atoms with Crippen molar-refractivity contribution in [2.45, 2.75) is 13.1 Å². The Hall–Kier alpha value is -4.72. The van der Waals surface area contributed by atoms with Gasteiger partial charge in [0.15, 0.2) is 0 Å². The van der Waals surface area contributed by atoms with Gasteiger partial charge in [-0.25, -0.2) is 4.68 Å². The molecule has 2 amide bonds. The number of nitriles is 1. The SMILES string of the molecule is C/C(Nc1cccc(C(F)(F)F)c1)=C(/C(=O)N(C=O)CC=O)c1ccnn1-c1ccc(C#N)cc1. The highest BCUT2D eigenvalue weighted by Crippen LogP contribution is 2.32. The van der Waals surface area contributed by atoms with Crippen molar-refractivity contribution < 1.29 is 27.6 Å². The van der Waals surface area contributed by atoms with E-state index in [0.29, 0.717) is 22.4 Å². The molecule has 0 unspecified atom stereocenters. The second-order valence-electron chi connectivity index (χ2n) is 7.22. The molecule has 0 bridgehead atoms. The van der Waals surface area contributed by atoms with E-state index in [4.69, 9.17) is 5.26 Å². The summed E-state index contributed by atoms with van der Waals surface area (Å²) in [5, 5.41) is 16.0. The van der Waals surface area contributed by atoms with Crippen LogP contribution in [0.15, 0.2) is 66.5 Å². The van der Waals surface area contributed by atoms with Gasteiger partial charge in [-0.1, -0.05) is 6.07 Å². The third kappa shape index (κ3) is 5.62. The number of nitrogens with zero attached hydrogens (tertiary/aromatic N) is 4. The number of aldehydes is 1. The predicted octanol–water partition coefficient (Wildman–Crippen LogP) is 3.79. The number of aromatic nitrogens is 2. The van der Waals surface area contributed by atoms with Gasteiger partial charge in [-0.05, 0) is 55.5 Å². The van der Waals surface area contributed by atoms with E-state index >= 15 is 0 Å². The molecule has 2 aromatic carbocycles. The lowest BCUT2D eigenvalue weighted by Crippen LogP contribution is -2.33. The Morgan fingerprint density at radius 3 is 2.49 bits per heavy atom. The number of hydrogen-bond acceptors (Lipinski definition) is 6. The Kier molecular flexibility index (Phi) is 7.46. The van der Waals surface area contributed by atoms with Gasteiger partial charge in [0.05, 0.1) is 46.9 Å². The Bertz CT molecular complexity index is 1320. The van der Waals surface area contributed by atoms with Crippen LogP contribution in [0.4, 0.5) is 18.9 Å². The zero-order chi connectivity index (χ0) is 25.6. The van der Waals surface area contributed by atoms with Crippen molar-refractivity contribution in [2.24, 2.45) is 0 Å². The average molecular weight is 481 g/mol. The highest BCUT2D eigenvalue weighted by Gasteiger charge is 2.31. The van der Waals surface area contributed by atoms with Gasteiger partial charge < -0.3 is 10.1 Å². The average Bonchev–Trinajstić information content (AvgIpc) is 3.31. The molecule has 0 fully saturated rings. The van der Waals surface area contributed by atoms with E-state index in [9.17, 15) is 27.6 Å². The number of carbonyl (C=O) groups is 3. The van der Waals surface area contributed by atoms with Crippen LogP contribution in [0.5, 0.6) is 0 Å². The summed E-state index contributed by atoms with van der Waals surface area (Å²) in [6.45, 7) is 0.932. The van der Waals surface area contributed by atoms with Crippen molar-refractivity contribution in [1.29, 1.82) is 5.26 Å². The topological polar surface area (TPSA) is 108 Å². The molecule has 1 aromatic heterocycles. The van der Waals surface area contributed by atoms with Crippen molar-refractivity contribution >= 4 is 29.9 Å². The molecule has 0 atom stereocenters. The van der Waals surface area contributed by atoms with Gasteiger partial charge >= 0.3 is 6.18 Å². The molecule has 0 saturated heterocycles. The summed E-state index contributed by atoms with van der Waals surface area (Å²) >= 11 is 0. The molecule has 0 saturated carbocycles. The molecule has 11 heteroatoms. The summed E-state index contributed by atoms with van der Waals surface area (Å²) in [7, 11) is 0. The number of benzene rings is 2. The van der Waals surface area contributed by atoms with Crippen LogP contribution in [0.25, 0.3) is 11.3 Å². The normalized spacial score (nSPS) is 11.7. The Morgan fingerprint density at radius 1 is 1.17 bits per heavy atom. The van der Waals surface area contributed by atoms with Gasteiger partial charge in [0.1, 0.15) is 6.29 Å². The molecule has 35 heavy (non-hydrogen) atoms. The molecule has 0 aliphatic heterocycles. The maximum atomic E-state index is 13.3. The summed E-state index contributed by atoms with van der Waals surface area (Å²) < 4.78 is 40.8. The first kappa shape index (κ1) is 24.9. The molecule has 0 aliphatic carbocycles. The minimum Gasteiger partial charge on any atom is -0.358 e. The minimum atomic E-state index is -4.57. The van der Waals surface area contributed by atoms with E-state index in [1.165, 1.54) is 36.0 Å². The summed E-state index contributed by atoms with van der Waals surface area (Å²) in [4.78, 5) is 36.4. The number of halogens is 3. The quantitative estimate of drug-likeness (QED) is 0.388. The van der Waals surface area contributed by atoms with E-state index in [1.54, 1.807) is 24.3 Å². The van der Waals surface area contributed by atoms with E-state index in [-0.39, 0.29) is 29.1 Å². The first-order chi connectivity index (χ1) is 16.7. The maximum Gasteiger partial charge on any atom is 0.416 e. The molecule has 3 aromatic rings. The number of hydrogen-bond donors (Lipinski definition) is 1. The smallest absolute Gasteiger partial charge is 0.358 e. The molecule has 0 spiro atoms. The van der Waals surface area contributed by atoms with Gasteiger partial charge in [0.2, 0.25) is 6.41 Å². The van der Waals surface area contributed by atoms with Gasteiger partial charge in [0, 0.05) is 11.4 Å². The summed E-state index contributed by atoms with van der Waals surface area (Å²) in [6, 6.07) is 14.1. The fourth-order valence-corrected chi connectivity index (χ4v) is 3.29. The van der Waals surface area contributed by atoms with Crippen LogP contribution >= 0.6 is 0 Å². The van der Waals surface area contributed by atoms with Gasteiger partial charge in [0.25, 0.3) is 5.91 Å².